The van der Waals surface area contributed by atoms with Gasteiger partial charge in [0.2, 0.25) is 5.91 Å². The van der Waals surface area contributed by atoms with Gasteiger partial charge in [0.25, 0.3) is 0 Å². The molecule has 0 atom stereocenters. The van der Waals surface area contributed by atoms with Crippen molar-refractivity contribution < 1.29 is 24.2 Å². The molecule has 0 heterocycles. The van der Waals surface area contributed by atoms with Gasteiger partial charge in [-0.2, -0.15) is 0 Å². The number of carbonyl (C=O) groups excluding carboxylic acids is 1. The van der Waals surface area contributed by atoms with E-state index in [2.05, 4.69) is 5.32 Å². The van der Waals surface area contributed by atoms with Crippen molar-refractivity contribution in [2.45, 2.75) is 12.8 Å². The highest BCUT2D eigenvalue weighted by molar-refractivity contribution is 5.88. The maximum absolute atomic E-state index is 12.1. The van der Waals surface area contributed by atoms with E-state index in [1.54, 1.807) is 13.2 Å². The normalized spacial score (nSPS) is 10.2. The second kappa shape index (κ2) is 8.73. The van der Waals surface area contributed by atoms with Crippen molar-refractivity contribution in [3.63, 3.8) is 0 Å². The monoisotopic (exact) mass is 343 g/mol. The molecule has 6 heteroatoms. The topological polar surface area (TPSA) is 84.9 Å². The second-order valence-corrected chi connectivity index (χ2v) is 5.42. The Hall–Kier alpha value is -3.02. The molecule has 2 aromatic carbocycles. The first-order chi connectivity index (χ1) is 12.0. The number of aromatic carboxylic acids is 1. The average Bonchev–Trinajstić information content (AvgIpc) is 2.62. The van der Waals surface area contributed by atoms with E-state index in [9.17, 15) is 9.59 Å². The quantitative estimate of drug-likeness (QED) is 0.768. The molecule has 0 aliphatic carbocycles. The SMILES string of the molecule is COc1cc(C(=O)O)ccc1CCNC(=O)Cc1ccccc1OC. The van der Waals surface area contributed by atoms with Crippen LogP contribution in [0.15, 0.2) is 42.5 Å². The zero-order valence-corrected chi connectivity index (χ0v) is 14.2. The van der Waals surface area contributed by atoms with Crippen LogP contribution in [0.4, 0.5) is 0 Å². The molecule has 2 rings (SSSR count). The van der Waals surface area contributed by atoms with E-state index >= 15 is 0 Å². The second-order valence-electron chi connectivity index (χ2n) is 5.42. The van der Waals surface area contributed by atoms with Crippen LogP contribution >= 0.6 is 0 Å². The first-order valence-corrected chi connectivity index (χ1v) is 7.84. The highest BCUT2D eigenvalue weighted by Gasteiger charge is 2.11. The maximum Gasteiger partial charge on any atom is 0.335 e. The molecule has 0 bridgehead atoms. The predicted molar refractivity (Wildman–Crippen MR) is 93.4 cm³/mol. The minimum absolute atomic E-state index is 0.106. The van der Waals surface area contributed by atoms with Crippen LogP contribution in [-0.4, -0.2) is 37.7 Å². The molecule has 132 valence electrons. The summed E-state index contributed by atoms with van der Waals surface area (Å²) >= 11 is 0. The molecule has 0 saturated heterocycles. The zero-order chi connectivity index (χ0) is 18.2. The Morgan fingerprint density at radius 3 is 2.40 bits per heavy atom. The van der Waals surface area contributed by atoms with Gasteiger partial charge in [-0.25, -0.2) is 4.79 Å². The number of para-hydroxylation sites is 1. The molecule has 0 fully saturated rings. The Balaban J connectivity index is 1.92. The van der Waals surface area contributed by atoms with Crippen molar-refractivity contribution in [3.05, 3.63) is 59.2 Å². The van der Waals surface area contributed by atoms with Gasteiger partial charge in [0.15, 0.2) is 0 Å². The number of amides is 1. The Bertz CT molecular complexity index is 757. The van der Waals surface area contributed by atoms with Gasteiger partial charge < -0.3 is 19.9 Å². The number of carboxylic acid groups (broad SMARTS) is 1. The van der Waals surface area contributed by atoms with Crippen LogP contribution in [0.2, 0.25) is 0 Å². The molecule has 0 unspecified atom stereocenters. The van der Waals surface area contributed by atoms with Gasteiger partial charge in [-0.05, 0) is 30.2 Å². The summed E-state index contributed by atoms with van der Waals surface area (Å²) < 4.78 is 10.5. The summed E-state index contributed by atoms with van der Waals surface area (Å²) in [6, 6.07) is 12.1. The van der Waals surface area contributed by atoms with Crippen molar-refractivity contribution in [1.82, 2.24) is 5.32 Å². The Morgan fingerprint density at radius 2 is 1.72 bits per heavy atom. The van der Waals surface area contributed by atoms with E-state index < -0.39 is 5.97 Å². The summed E-state index contributed by atoms with van der Waals surface area (Å²) in [5.41, 5.74) is 1.83. The number of carboxylic acids is 1. The predicted octanol–water partition coefficient (Wildman–Crippen LogP) is 2.30. The van der Waals surface area contributed by atoms with Crippen LogP contribution < -0.4 is 14.8 Å². The van der Waals surface area contributed by atoms with Crippen LogP contribution in [0.1, 0.15) is 21.5 Å². The number of hydrogen-bond acceptors (Lipinski definition) is 4. The maximum atomic E-state index is 12.1. The van der Waals surface area contributed by atoms with Crippen molar-refractivity contribution >= 4 is 11.9 Å². The summed E-state index contributed by atoms with van der Waals surface area (Å²) in [5, 5.41) is 11.9. The lowest BCUT2D eigenvalue weighted by atomic mass is 10.1. The molecule has 0 aromatic heterocycles. The molecule has 2 N–H and O–H groups in total. The Kier molecular flexibility index (Phi) is 6.39. The van der Waals surface area contributed by atoms with Crippen molar-refractivity contribution in [2.75, 3.05) is 20.8 Å². The zero-order valence-electron chi connectivity index (χ0n) is 14.2. The van der Waals surface area contributed by atoms with Crippen molar-refractivity contribution in [2.24, 2.45) is 0 Å². The minimum Gasteiger partial charge on any atom is -0.496 e. The van der Waals surface area contributed by atoms with E-state index in [1.165, 1.54) is 19.2 Å². The number of rotatable bonds is 8. The molecule has 25 heavy (non-hydrogen) atoms. The van der Waals surface area contributed by atoms with Crippen LogP contribution in [0.25, 0.3) is 0 Å². The third-order valence-electron chi connectivity index (χ3n) is 3.79. The Labute approximate surface area is 146 Å². The standard InChI is InChI=1S/C19H21NO5/c1-24-16-6-4-3-5-14(16)12-18(21)20-10-9-13-7-8-15(19(22)23)11-17(13)25-2/h3-8,11H,9-10,12H2,1-2H3,(H,20,21)(H,22,23). The van der Waals surface area contributed by atoms with Crippen molar-refractivity contribution in [1.29, 1.82) is 0 Å². The third kappa shape index (κ3) is 4.97. The first kappa shape index (κ1) is 18.3. The lowest BCUT2D eigenvalue weighted by Crippen LogP contribution is -2.27. The van der Waals surface area contributed by atoms with Crippen molar-refractivity contribution in [3.8, 4) is 11.5 Å². The molecule has 0 aliphatic heterocycles. The average molecular weight is 343 g/mol. The van der Waals surface area contributed by atoms with Crippen LogP contribution in [0, 0.1) is 0 Å². The summed E-state index contributed by atoms with van der Waals surface area (Å²) in [7, 11) is 3.06. The van der Waals surface area contributed by atoms with Gasteiger partial charge in [0.1, 0.15) is 11.5 Å². The van der Waals surface area contributed by atoms with E-state index in [4.69, 9.17) is 14.6 Å². The van der Waals surface area contributed by atoms with E-state index in [-0.39, 0.29) is 17.9 Å². The largest absolute Gasteiger partial charge is 0.496 e. The fraction of sp³-hybridized carbons (Fsp3) is 0.263. The fourth-order valence-corrected chi connectivity index (χ4v) is 2.51. The first-order valence-electron chi connectivity index (χ1n) is 7.84. The highest BCUT2D eigenvalue weighted by Crippen LogP contribution is 2.21. The van der Waals surface area contributed by atoms with E-state index in [0.717, 1.165) is 11.1 Å². The van der Waals surface area contributed by atoms with Gasteiger partial charge in [0.05, 0.1) is 26.2 Å². The molecule has 0 spiro atoms. The number of carbonyl (C=O) groups is 2. The van der Waals surface area contributed by atoms with Gasteiger partial charge >= 0.3 is 5.97 Å². The number of benzene rings is 2. The van der Waals surface area contributed by atoms with E-state index in [0.29, 0.717) is 24.5 Å². The Morgan fingerprint density at radius 1 is 1.00 bits per heavy atom. The molecule has 0 saturated carbocycles. The smallest absolute Gasteiger partial charge is 0.335 e. The van der Waals surface area contributed by atoms with Gasteiger partial charge in [-0.3, -0.25) is 4.79 Å². The van der Waals surface area contributed by atoms with Gasteiger partial charge in [-0.1, -0.05) is 24.3 Å². The highest BCUT2D eigenvalue weighted by atomic mass is 16.5. The molecular weight excluding hydrogens is 322 g/mol. The number of nitrogens with one attached hydrogen (secondary N) is 1. The molecule has 6 nitrogen and oxygen atoms in total. The van der Waals surface area contributed by atoms with E-state index in [1.807, 2.05) is 24.3 Å². The number of ether oxygens (including phenoxy) is 2. The van der Waals surface area contributed by atoms with Gasteiger partial charge in [-0.15, -0.1) is 0 Å². The summed E-state index contributed by atoms with van der Waals surface area (Å²) in [6.45, 7) is 0.427. The summed E-state index contributed by atoms with van der Waals surface area (Å²) in [5.74, 6) is 0.0723. The van der Waals surface area contributed by atoms with Crippen LogP contribution in [0.3, 0.4) is 0 Å². The fourth-order valence-electron chi connectivity index (χ4n) is 2.51. The lowest BCUT2D eigenvalue weighted by Gasteiger charge is -2.11. The molecule has 1 amide bonds. The molecule has 2 aromatic rings. The molecular formula is C19H21NO5. The molecule has 0 radical (unpaired) electrons. The number of hydrogen-bond donors (Lipinski definition) is 2. The minimum atomic E-state index is -1.00. The number of methoxy groups -OCH3 is 2. The summed E-state index contributed by atoms with van der Waals surface area (Å²) in [4.78, 5) is 23.1. The lowest BCUT2D eigenvalue weighted by molar-refractivity contribution is -0.120. The third-order valence-corrected chi connectivity index (χ3v) is 3.79. The summed E-state index contributed by atoms with van der Waals surface area (Å²) in [6.07, 6.45) is 0.778. The molecule has 0 aliphatic rings. The van der Waals surface area contributed by atoms with Crippen LogP contribution in [0.5, 0.6) is 11.5 Å². The van der Waals surface area contributed by atoms with Crippen LogP contribution in [-0.2, 0) is 17.6 Å². The van der Waals surface area contributed by atoms with Gasteiger partial charge in [0, 0.05) is 12.1 Å².